The number of hydrogen-bond acceptors (Lipinski definition) is 6. The molecule has 1 saturated heterocycles. The van der Waals surface area contributed by atoms with Gasteiger partial charge in [-0.3, -0.25) is 9.69 Å². The fraction of sp³-hybridized carbons (Fsp3) is 0.435. The first-order valence-electron chi connectivity index (χ1n) is 10.5. The number of benzene rings is 1. The Labute approximate surface area is 192 Å². The summed E-state index contributed by atoms with van der Waals surface area (Å²) in [4.78, 5) is 44.7. The molecule has 1 atom stereocenters. The number of methoxy groups -OCH3 is 1. The van der Waals surface area contributed by atoms with E-state index in [1.165, 1.54) is 7.11 Å². The molecule has 1 fully saturated rings. The van der Waals surface area contributed by atoms with Crippen LogP contribution in [-0.4, -0.2) is 72.5 Å². The number of aryl methyl sites for hydroxylation is 1. The maximum Gasteiger partial charge on any atom is 0.340 e. The first-order chi connectivity index (χ1) is 15.3. The minimum atomic E-state index is -0.570. The summed E-state index contributed by atoms with van der Waals surface area (Å²) >= 11 is 5.98. The Morgan fingerprint density at radius 1 is 1.09 bits per heavy atom. The number of carbonyl (C=O) groups excluding carboxylic acids is 3. The highest BCUT2D eigenvalue weighted by atomic mass is 35.5. The van der Waals surface area contributed by atoms with E-state index < -0.39 is 12.0 Å². The maximum absolute atomic E-state index is 13.2. The van der Waals surface area contributed by atoms with E-state index in [1.54, 1.807) is 37.8 Å². The number of ether oxygens (including phenoxy) is 2. The number of hydrogen-bond donors (Lipinski definition) is 1. The highest BCUT2D eigenvalue weighted by Gasteiger charge is 2.34. The summed E-state index contributed by atoms with van der Waals surface area (Å²) in [6.45, 7) is 7.37. The highest BCUT2D eigenvalue weighted by Crippen LogP contribution is 2.26. The maximum atomic E-state index is 13.2. The van der Waals surface area contributed by atoms with Gasteiger partial charge in [-0.25, -0.2) is 9.59 Å². The van der Waals surface area contributed by atoms with Crippen molar-refractivity contribution in [1.29, 1.82) is 0 Å². The average Bonchev–Trinajstić information content (AvgIpc) is 3.09. The lowest BCUT2D eigenvalue weighted by Gasteiger charge is -2.38. The normalized spacial score (nSPS) is 15.3. The van der Waals surface area contributed by atoms with Gasteiger partial charge in [0.25, 0.3) is 5.91 Å². The second kappa shape index (κ2) is 10.2. The molecule has 0 saturated carbocycles. The van der Waals surface area contributed by atoms with Gasteiger partial charge in [0, 0.05) is 36.9 Å². The van der Waals surface area contributed by atoms with Crippen molar-refractivity contribution in [3.05, 3.63) is 57.4 Å². The van der Waals surface area contributed by atoms with Gasteiger partial charge in [-0.2, -0.15) is 0 Å². The van der Waals surface area contributed by atoms with Crippen molar-refractivity contribution >= 4 is 29.4 Å². The van der Waals surface area contributed by atoms with E-state index in [1.807, 2.05) is 17.0 Å². The Hall–Kier alpha value is -2.84. The summed E-state index contributed by atoms with van der Waals surface area (Å²) in [6, 6.07) is 6.53. The van der Waals surface area contributed by atoms with Crippen molar-refractivity contribution in [2.75, 3.05) is 39.9 Å². The minimum Gasteiger partial charge on any atom is -0.468 e. The van der Waals surface area contributed by atoms with Crippen LogP contribution in [0.15, 0.2) is 24.3 Å². The molecular weight excluding hydrogens is 434 g/mol. The van der Waals surface area contributed by atoms with Gasteiger partial charge >= 0.3 is 11.9 Å². The summed E-state index contributed by atoms with van der Waals surface area (Å²) < 4.78 is 10.1. The van der Waals surface area contributed by atoms with Crippen LogP contribution in [0.3, 0.4) is 0 Å². The largest absolute Gasteiger partial charge is 0.468 e. The molecule has 1 aromatic carbocycles. The number of rotatable bonds is 6. The SMILES string of the molecule is CCOC(=O)c1c(C)[nH]c(C(=O)N2CCN(C(C(=O)OC)c3ccc(Cl)cc3)CC2)c1C. The zero-order valence-electron chi connectivity index (χ0n) is 18.7. The molecular formula is C23H28ClN3O5. The van der Waals surface area contributed by atoms with Gasteiger partial charge in [0.2, 0.25) is 0 Å². The number of esters is 2. The molecule has 3 rings (SSSR count). The van der Waals surface area contributed by atoms with Crippen molar-refractivity contribution in [3.8, 4) is 0 Å². The lowest BCUT2D eigenvalue weighted by Crippen LogP contribution is -2.51. The van der Waals surface area contributed by atoms with E-state index >= 15 is 0 Å². The minimum absolute atomic E-state index is 0.179. The number of carbonyl (C=O) groups is 3. The number of aromatic nitrogens is 1. The zero-order valence-corrected chi connectivity index (χ0v) is 19.5. The van der Waals surface area contributed by atoms with E-state index in [0.29, 0.717) is 53.7 Å². The molecule has 32 heavy (non-hydrogen) atoms. The molecule has 2 heterocycles. The number of H-pyrrole nitrogens is 1. The van der Waals surface area contributed by atoms with Crippen LogP contribution in [0.25, 0.3) is 0 Å². The Kier molecular flexibility index (Phi) is 7.58. The third kappa shape index (κ3) is 4.81. The molecule has 8 nitrogen and oxygen atoms in total. The van der Waals surface area contributed by atoms with Crippen LogP contribution in [-0.2, 0) is 14.3 Å². The van der Waals surface area contributed by atoms with Crippen LogP contribution in [0.2, 0.25) is 5.02 Å². The Bertz CT molecular complexity index is 994. The molecule has 1 unspecified atom stereocenters. The van der Waals surface area contributed by atoms with Crippen LogP contribution in [0.5, 0.6) is 0 Å². The molecule has 1 aromatic heterocycles. The third-order valence-electron chi connectivity index (χ3n) is 5.71. The number of piperazine rings is 1. The molecule has 172 valence electrons. The fourth-order valence-corrected chi connectivity index (χ4v) is 4.19. The van der Waals surface area contributed by atoms with Crippen molar-refractivity contribution in [2.45, 2.75) is 26.8 Å². The van der Waals surface area contributed by atoms with Gasteiger partial charge in [0.1, 0.15) is 11.7 Å². The van der Waals surface area contributed by atoms with Gasteiger partial charge in [0.05, 0.1) is 19.3 Å². The topological polar surface area (TPSA) is 91.9 Å². The predicted octanol–water partition coefficient (Wildman–Crippen LogP) is 3.13. The van der Waals surface area contributed by atoms with E-state index in [4.69, 9.17) is 21.1 Å². The molecule has 0 radical (unpaired) electrons. The molecule has 1 aliphatic rings. The van der Waals surface area contributed by atoms with Crippen LogP contribution < -0.4 is 0 Å². The van der Waals surface area contributed by atoms with Crippen molar-refractivity contribution in [1.82, 2.24) is 14.8 Å². The molecule has 1 N–H and O–H groups in total. The summed E-state index contributed by atoms with van der Waals surface area (Å²) in [5.41, 5.74) is 2.78. The molecule has 0 aliphatic carbocycles. The van der Waals surface area contributed by atoms with Crippen molar-refractivity contribution in [2.24, 2.45) is 0 Å². The molecule has 1 aliphatic heterocycles. The molecule has 0 spiro atoms. The first-order valence-corrected chi connectivity index (χ1v) is 10.9. The Balaban J connectivity index is 1.74. The molecule has 0 bridgehead atoms. The van der Waals surface area contributed by atoms with Crippen LogP contribution in [0.1, 0.15) is 50.6 Å². The van der Waals surface area contributed by atoms with Crippen LogP contribution in [0.4, 0.5) is 0 Å². The lowest BCUT2D eigenvalue weighted by molar-refractivity contribution is -0.148. The summed E-state index contributed by atoms with van der Waals surface area (Å²) in [5.74, 6) is -0.976. The zero-order chi connectivity index (χ0) is 23.4. The summed E-state index contributed by atoms with van der Waals surface area (Å²) in [7, 11) is 1.36. The number of amides is 1. The van der Waals surface area contributed by atoms with Gasteiger partial charge in [-0.1, -0.05) is 23.7 Å². The van der Waals surface area contributed by atoms with E-state index in [0.717, 1.165) is 5.56 Å². The molecule has 1 amide bonds. The predicted molar refractivity (Wildman–Crippen MR) is 120 cm³/mol. The van der Waals surface area contributed by atoms with Gasteiger partial charge in [-0.05, 0) is 44.0 Å². The monoisotopic (exact) mass is 461 g/mol. The second-order valence-corrected chi connectivity index (χ2v) is 8.09. The van der Waals surface area contributed by atoms with E-state index in [2.05, 4.69) is 4.98 Å². The Morgan fingerprint density at radius 2 is 1.72 bits per heavy atom. The number of halogens is 1. The average molecular weight is 462 g/mol. The smallest absolute Gasteiger partial charge is 0.340 e. The van der Waals surface area contributed by atoms with E-state index in [9.17, 15) is 14.4 Å². The fourth-order valence-electron chi connectivity index (χ4n) is 4.07. The standard InChI is InChI=1S/C23H28ClN3O5/c1-5-32-22(29)18-14(2)19(25-15(18)3)21(28)27-12-10-26(11-13-27)20(23(30)31-4)16-6-8-17(24)9-7-16/h6-9,20,25H,5,10-13H2,1-4H3. The van der Waals surface area contributed by atoms with Gasteiger partial charge < -0.3 is 19.4 Å². The number of aromatic amines is 1. The highest BCUT2D eigenvalue weighted by molar-refractivity contribution is 6.30. The van der Waals surface area contributed by atoms with Crippen molar-refractivity contribution < 1.29 is 23.9 Å². The molecule has 2 aromatic rings. The second-order valence-electron chi connectivity index (χ2n) is 7.65. The Morgan fingerprint density at radius 3 is 2.28 bits per heavy atom. The lowest BCUT2D eigenvalue weighted by atomic mass is 10.0. The summed E-state index contributed by atoms with van der Waals surface area (Å²) in [6.07, 6.45) is 0. The quantitative estimate of drug-likeness (QED) is 0.664. The van der Waals surface area contributed by atoms with Crippen LogP contribution >= 0.6 is 11.6 Å². The number of nitrogens with one attached hydrogen (secondary N) is 1. The summed E-state index contributed by atoms with van der Waals surface area (Å²) in [5, 5.41) is 0.589. The van der Waals surface area contributed by atoms with Crippen molar-refractivity contribution in [3.63, 3.8) is 0 Å². The van der Waals surface area contributed by atoms with Gasteiger partial charge in [-0.15, -0.1) is 0 Å². The third-order valence-corrected chi connectivity index (χ3v) is 5.96. The van der Waals surface area contributed by atoms with E-state index in [-0.39, 0.29) is 18.5 Å². The van der Waals surface area contributed by atoms with Crippen LogP contribution in [0, 0.1) is 13.8 Å². The van der Waals surface area contributed by atoms with Gasteiger partial charge in [0.15, 0.2) is 0 Å². The molecule has 9 heteroatoms. The first kappa shape index (κ1) is 23.8. The number of nitrogens with zero attached hydrogens (tertiary/aromatic N) is 2.